The van der Waals surface area contributed by atoms with Crippen molar-refractivity contribution in [2.24, 2.45) is 0 Å². The predicted octanol–water partition coefficient (Wildman–Crippen LogP) is 2.73. The highest BCUT2D eigenvalue weighted by Crippen LogP contribution is 2.12. The van der Waals surface area contributed by atoms with Gasteiger partial charge in [0.25, 0.3) is 5.91 Å². The molecule has 0 unspecified atom stereocenters. The van der Waals surface area contributed by atoms with Gasteiger partial charge in [-0.3, -0.25) is 9.59 Å². The van der Waals surface area contributed by atoms with E-state index in [1.54, 1.807) is 6.07 Å². The molecule has 0 aromatic heterocycles. The molecule has 0 atom stereocenters. The molecule has 2 N–H and O–H groups in total. The molecule has 5 nitrogen and oxygen atoms in total. The van der Waals surface area contributed by atoms with E-state index in [0.717, 1.165) is 9.13 Å². The first-order valence-electron chi connectivity index (χ1n) is 7.04. The van der Waals surface area contributed by atoms with E-state index in [4.69, 9.17) is 4.74 Å². The van der Waals surface area contributed by atoms with E-state index < -0.39 is 0 Å². The molecule has 0 aliphatic heterocycles. The van der Waals surface area contributed by atoms with Crippen LogP contribution in [0.15, 0.2) is 48.5 Å². The zero-order valence-electron chi connectivity index (χ0n) is 12.6. The SMILES string of the molecule is Cc1cccc(OCC(=O)NCC(=O)Nc2ccc(I)cc2)c1. The minimum Gasteiger partial charge on any atom is -0.484 e. The van der Waals surface area contributed by atoms with Crippen LogP contribution in [0.3, 0.4) is 0 Å². The van der Waals surface area contributed by atoms with Gasteiger partial charge in [-0.05, 0) is 71.5 Å². The second kappa shape index (κ2) is 8.52. The van der Waals surface area contributed by atoms with Crippen molar-refractivity contribution in [3.8, 4) is 5.75 Å². The molecule has 0 aliphatic rings. The number of nitrogens with one attached hydrogen (secondary N) is 2. The standard InChI is InChI=1S/C17H17IN2O3/c1-12-3-2-4-15(9-12)23-11-17(22)19-10-16(21)20-14-7-5-13(18)6-8-14/h2-9H,10-11H2,1H3,(H,19,22)(H,20,21). The Morgan fingerprint density at radius 1 is 1.09 bits per heavy atom. The average molecular weight is 424 g/mol. The van der Waals surface area contributed by atoms with E-state index in [9.17, 15) is 9.59 Å². The molecule has 0 saturated carbocycles. The van der Waals surface area contributed by atoms with Crippen LogP contribution in [0, 0.1) is 10.5 Å². The summed E-state index contributed by atoms with van der Waals surface area (Å²) in [7, 11) is 0. The zero-order valence-corrected chi connectivity index (χ0v) is 14.8. The highest BCUT2D eigenvalue weighted by molar-refractivity contribution is 14.1. The van der Waals surface area contributed by atoms with Gasteiger partial charge < -0.3 is 15.4 Å². The van der Waals surface area contributed by atoms with Gasteiger partial charge >= 0.3 is 0 Å². The summed E-state index contributed by atoms with van der Waals surface area (Å²) in [6, 6.07) is 14.8. The van der Waals surface area contributed by atoms with Crippen molar-refractivity contribution in [2.45, 2.75) is 6.92 Å². The molecule has 0 aliphatic carbocycles. The second-order valence-corrected chi connectivity index (χ2v) is 6.18. The lowest BCUT2D eigenvalue weighted by Gasteiger charge is -2.08. The van der Waals surface area contributed by atoms with E-state index in [0.29, 0.717) is 11.4 Å². The van der Waals surface area contributed by atoms with Gasteiger partial charge in [0.15, 0.2) is 6.61 Å². The fourth-order valence-electron chi connectivity index (χ4n) is 1.82. The zero-order chi connectivity index (χ0) is 16.7. The van der Waals surface area contributed by atoms with Crippen LogP contribution in [0.4, 0.5) is 5.69 Å². The number of ether oxygens (including phenoxy) is 1. The van der Waals surface area contributed by atoms with Crippen LogP contribution in [0.5, 0.6) is 5.75 Å². The number of anilines is 1. The van der Waals surface area contributed by atoms with Crippen molar-refractivity contribution in [3.63, 3.8) is 0 Å². The number of amides is 2. The molecule has 2 rings (SSSR count). The summed E-state index contributed by atoms with van der Waals surface area (Å²) in [4.78, 5) is 23.4. The fourth-order valence-corrected chi connectivity index (χ4v) is 2.18. The third-order valence-corrected chi connectivity index (χ3v) is 3.65. The first-order valence-corrected chi connectivity index (χ1v) is 8.12. The van der Waals surface area contributed by atoms with Gasteiger partial charge in [-0.15, -0.1) is 0 Å². The maximum absolute atomic E-state index is 11.8. The lowest BCUT2D eigenvalue weighted by atomic mass is 10.2. The van der Waals surface area contributed by atoms with Gasteiger partial charge in [-0.1, -0.05) is 12.1 Å². The normalized spacial score (nSPS) is 10.0. The van der Waals surface area contributed by atoms with Crippen LogP contribution < -0.4 is 15.4 Å². The molecule has 0 heterocycles. The molecule has 0 radical (unpaired) electrons. The lowest BCUT2D eigenvalue weighted by Crippen LogP contribution is -2.35. The Balaban J connectivity index is 1.71. The topological polar surface area (TPSA) is 67.4 Å². The monoisotopic (exact) mass is 424 g/mol. The number of aryl methyl sites for hydroxylation is 1. The van der Waals surface area contributed by atoms with Crippen molar-refractivity contribution in [3.05, 3.63) is 57.7 Å². The summed E-state index contributed by atoms with van der Waals surface area (Å²) in [6.45, 7) is 1.73. The number of rotatable bonds is 6. The summed E-state index contributed by atoms with van der Waals surface area (Å²) < 4.78 is 6.45. The Morgan fingerprint density at radius 2 is 1.83 bits per heavy atom. The Hall–Kier alpha value is -2.09. The number of benzene rings is 2. The van der Waals surface area contributed by atoms with E-state index in [1.807, 2.05) is 49.4 Å². The molecule has 2 aromatic rings. The number of carbonyl (C=O) groups excluding carboxylic acids is 2. The Labute approximate surface area is 148 Å². The van der Waals surface area contributed by atoms with E-state index >= 15 is 0 Å². The molecule has 0 fully saturated rings. The third-order valence-electron chi connectivity index (χ3n) is 2.93. The molecule has 23 heavy (non-hydrogen) atoms. The van der Waals surface area contributed by atoms with Crippen molar-refractivity contribution >= 4 is 40.1 Å². The van der Waals surface area contributed by atoms with E-state index in [1.165, 1.54) is 0 Å². The molecule has 2 aromatic carbocycles. The minimum atomic E-state index is -0.343. The summed E-state index contributed by atoms with van der Waals surface area (Å²) in [5.74, 6) is 0.00266. The molecule has 0 bridgehead atoms. The number of carbonyl (C=O) groups is 2. The van der Waals surface area contributed by atoms with Crippen molar-refractivity contribution in [1.29, 1.82) is 0 Å². The maximum Gasteiger partial charge on any atom is 0.258 e. The highest BCUT2D eigenvalue weighted by Gasteiger charge is 2.07. The number of halogens is 1. The Bertz CT molecular complexity index is 686. The largest absolute Gasteiger partial charge is 0.484 e. The van der Waals surface area contributed by atoms with Crippen LogP contribution >= 0.6 is 22.6 Å². The lowest BCUT2D eigenvalue weighted by molar-refractivity contribution is -0.125. The van der Waals surface area contributed by atoms with Crippen LogP contribution in [0.25, 0.3) is 0 Å². The average Bonchev–Trinajstić information content (AvgIpc) is 2.53. The smallest absolute Gasteiger partial charge is 0.258 e. The first kappa shape index (κ1) is 17.3. The molecule has 2 amide bonds. The van der Waals surface area contributed by atoms with Crippen molar-refractivity contribution in [1.82, 2.24) is 5.32 Å². The van der Waals surface area contributed by atoms with E-state index in [2.05, 4.69) is 33.2 Å². The summed E-state index contributed by atoms with van der Waals surface area (Å²) >= 11 is 2.19. The molecule has 120 valence electrons. The van der Waals surface area contributed by atoms with Gasteiger partial charge in [-0.25, -0.2) is 0 Å². The molecule has 6 heteroatoms. The van der Waals surface area contributed by atoms with Crippen molar-refractivity contribution in [2.75, 3.05) is 18.5 Å². The minimum absolute atomic E-state index is 0.0952. The van der Waals surface area contributed by atoms with Crippen molar-refractivity contribution < 1.29 is 14.3 Å². The van der Waals surface area contributed by atoms with E-state index in [-0.39, 0.29) is 25.0 Å². The number of hydrogen-bond donors (Lipinski definition) is 2. The Morgan fingerprint density at radius 3 is 2.52 bits per heavy atom. The van der Waals surface area contributed by atoms with Gasteiger partial charge in [-0.2, -0.15) is 0 Å². The highest BCUT2D eigenvalue weighted by atomic mass is 127. The summed E-state index contributed by atoms with van der Waals surface area (Å²) in [6.07, 6.45) is 0. The van der Waals surface area contributed by atoms with Crippen LogP contribution in [-0.2, 0) is 9.59 Å². The van der Waals surface area contributed by atoms with Gasteiger partial charge in [0.1, 0.15) is 5.75 Å². The third kappa shape index (κ3) is 6.27. The molecule has 0 saturated heterocycles. The van der Waals surface area contributed by atoms with Gasteiger partial charge in [0.05, 0.1) is 6.54 Å². The quantitative estimate of drug-likeness (QED) is 0.701. The fraction of sp³-hybridized carbons (Fsp3) is 0.176. The summed E-state index contributed by atoms with van der Waals surface area (Å²) in [5, 5.41) is 5.23. The summed E-state index contributed by atoms with van der Waals surface area (Å²) in [5.41, 5.74) is 1.75. The first-order chi connectivity index (χ1) is 11.0. The number of hydrogen-bond acceptors (Lipinski definition) is 3. The predicted molar refractivity (Wildman–Crippen MR) is 97.5 cm³/mol. The Kier molecular flexibility index (Phi) is 6.40. The van der Waals surface area contributed by atoms with Crippen LogP contribution in [0.2, 0.25) is 0 Å². The molecule has 0 spiro atoms. The maximum atomic E-state index is 11.8. The molecular formula is C17H17IN2O3. The van der Waals surface area contributed by atoms with Crippen LogP contribution in [0.1, 0.15) is 5.56 Å². The van der Waals surface area contributed by atoms with Crippen LogP contribution in [-0.4, -0.2) is 25.0 Å². The molecular weight excluding hydrogens is 407 g/mol. The second-order valence-electron chi connectivity index (χ2n) is 4.94. The van der Waals surface area contributed by atoms with Gasteiger partial charge in [0, 0.05) is 9.26 Å². The van der Waals surface area contributed by atoms with Gasteiger partial charge in [0.2, 0.25) is 5.91 Å².